The van der Waals surface area contributed by atoms with Gasteiger partial charge in [-0.3, -0.25) is 9.59 Å². The minimum atomic E-state index is -0.157. The van der Waals surface area contributed by atoms with E-state index in [1.54, 1.807) is 47.4 Å². The summed E-state index contributed by atoms with van der Waals surface area (Å²) in [6.07, 6.45) is 4.06. The van der Waals surface area contributed by atoms with E-state index in [2.05, 4.69) is 22.3 Å². The van der Waals surface area contributed by atoms with Crippen LogP contribution in [-0.4, -0.2) is 73.5 Å². The first-order chi connectivity index (χ1) is 20.4. The molecule has 2 aliphatic rings. The zero-order valence-electron chi connectivity index (χ0n) is 24.0. The number of carbonyl (C=O) groups excluding carboxylic acids is 2. The van der Waals surface area contributed by atoms with Gasteiger partial charge in [0.25, 0.3) is 0 Å². The van der Waals surface area contributed by atoms with Crippen LogP contribution >= 0.6 is 23.2 Å². The number of rotatable bonds is 12. The van der Waals surface area contributed by atoms with Crippen molar-refractivity contribution in [1.29, 1.82) is 0 Å². The molecule has 0 saturated carbocycles. The number of likely N-dealkylation sites (N-methyl/N-ethyl adjacent to an activating group) is 1. The maximum absolute atomic E-state index is 13.9. The predicted molar refractivity (Wildman–Crippen MR) is 169 cm³/mol. The van der Waals surface area contributed by atoms with Crippen LogP contribution < -0.4 is 15.0 Å². The second kappa shape index (κ2) is 14.3. The van der Waals surface area contributed by atoms with Gasteiger partial charge in [0.15, 0.2) is 5.75 Å². The van der Waals surface area contributed by atoms with Crippen LogP contribution in [0.3, 0.4) is 0 Å². The highest BCUT2D eigenvalue weighted by Crippen LogP contribution is 2.35. The van der Waals surface area contributed by atoms with Gasteiger partial charge in [-0.1, -0.05) is 47.5 Å². The number of hydrogen-bond acceptors (Lipinski definition) is 5. The molecule has 3 aromatic carbocycles. The Morgan fingerprint density at radius 1 is 0.929 bits per heavy atom. The first kappa shape index (κ1) is 30.2. The molecule has 1 fully saturated rings. The van der Waals surface area contributed by atoms with E-state index >= 15 is 0 Å². The van der Waals surface area contributed by atoms with Gasteiger partial charge in [-0.05, 0) is 99.3 Å². The van der Waals surface area contributed by atoms with Crippen LogP contribution in [0.4, 0.5) is 5.69 Å². The fourth-order valence-corrected chi connectivity index (χ4v) is 6.21. The monoisotopic (exact) mass is 608 g/mol. The number of carbonyl (C=O) groups is 2. The topological polar surface area (TPSA) is 65.1 Å². The van der Waals surface area contributed by atoms with Crippen LogP contribution in [0.1, 0.15) is 30.9 Å². The molecule has 0 radical (unpaired) electrons. The van der Waals surface area contributed by atoms with Gasteiger partial charge in [0, 0.05) is 35.7 Å². The van der Waals surface area contributed by atoms with Crippen molar-refractivity contribution >= 4 is 40.7 Å². The lowest BCUT2D eigenvalue weighted by Crippen LogP contribution is -2.48. The third-order valence-corrected chi connectivity index (χ3v) is 8.53. The first-order valence-electron chi connectivity index (χ1n) is 14.7. The number of benzene rings is 3. The molecular weight excluding hydrogens is 571 g/mol. The number of nitrogens with one attached hydrogen (secondary N) is 1. The van der Waals surface area contributed by atoms with Crippen LogP contribution in [-0.2, 0) is 22.4 Å². The Bertz CT molecular complexity index is 1350. The number of ether oxygens (including phenoxy) is 1. The van der Waals surface area contributed by atoms with Crippen LogP contribution in [0.5, 0.6) is 11.5 Å². The molecule has 5 rings (SSSR count). The lowest BCUT2D eigenvalue weighted by atomic mass is 10.1. The van der Waals surface area contributed by atoms with Crippen molar-refractivity contribution < 1.29 is 14.3 Å². The molecule has 1 aliphatic heterocycles. The minimum absolute atomic E-state index is 0.00843. The summed E-state index contributed by atoms with van der Waals surface area (Å²) in [6.45, 7) is 6.11. The SMILES string of the molecule is CCN(C(=O)CN(CC(=O)NCCN1CCCC1)c1cc(Cl)ccc1Oc1ccc(Cl)cc1)C1Cc2ccccc2C1. The average molecular weight is 610 g/mol. The van der Waals surface area contributed by atoms with Crippen LogP contribution in [0, 0.1) is 0 Å². The van der Waals surface area contributed by atoms with Gasteiger partial charge in [0.05, 0.1) is 18.8 Å². The summed E-state index contributed by atoms with van der Waals surface area (Å²) in [4.78, 5) is 33.2. The van der Waals surface area contributed by atoms with Crippen molar-refractivity contribution in [3.8, 4) is 11.5 Å². The third-order valence-electron chi connectivity index (χ3n) is 8.04. The van der Waals surface area contributed by atoms with Gasteiger partial charge in [-0.15, -0.1) is 0 Å². The molecule has 1 N–H and O–H groups in total. The van der Waals surface area contributed by atoms with Crippen molar-refractivity contribution in [2.24, 2.45) is 0 Å². The molecule has 1 saturated heterocycles. The highest BCUT2D eigenvalue weighted by molar-refractivity contribution is 6.31. The first-order valence-corrected chi connectivity index (χ1v) is 15.5. The van der Waals surface area contributed by atoms with E-state index in [0.29, 0.717) is 40.3 Å². The van der Waals surface area contributed by atoms with Crippen LogP contribution in [0.15, 0.2) is 66.7 Å². The lowest BCUT2D eigenvalue weighted by molar-refractivity contribution is -0.131. The van der Waals surface area contributed by atoms with E-state index in [9.17, 15) is 9.59 Å². The van der Waals surface area contributed by atoms with Crippen molar-refractivity contribution in [3.05, 3.63) is 87.9 Å². The summed E-state index contributed by atoms with van der Waals surface area (Å²) >= 11 is 12.5. The average Bonchev–Trinajstić information content (AvgIpc) is 3.65. The molecule has 1 aliphatic carbocycles. The standard InChI is InChI=1S/C33H38Cl2N4O3/c1-2-39(28-19-24-7-3-4-8-25(24)20-28)33(41)23-38(22-32(40)36-15-18-37-16-5-6-17-37)30-21-27(35)11-14-31(30)42-29-12-9-26(34)10-13-29/h3-4,7-14,21,28H,2,5-6,15-20,22-23H2,1H3,(H,36,40). The molecular formula is C33H38Cl2N4O3. The smallest absolute Gasteiger partial charge is 0.242 e. The molecule has 1 heterocycles. The van der Waals surface area contributed by atoms with Gasteiger partial charge in [0.2, 0.25) is 11.8 Å². The van der Waals surface area contributed by atoms with Crippen molar-refractivity contribution in [3.63, 3.8) is 0 Å². The van der Waals surface area contributed by atoms with Gasteiger partial charge in [0.1, 0.15) is 5.75 Å². The van der Waals surface area contributed by atoms with Crippen LogP contribution in [0.25, 0.3) is 0 Å². The molecule has 0 unspecified atom stereocenters. The van der Waals surface area contributed by atoms with E-state index in [1.807, 2.05) is 24.0 Å². The fourth-order valence-electron chi connectivity index (χ4n) is 5.92. The Morgan fingerprint density at radius 3 is 2.26 bits per heavy atom. The third kappa shape index (κ3) is 7.77. The number of anilines is 1. The summed E-state index contributed by atoms with van der Waals surface area (Å²) in [5, 5.41) is 4.13. The number of halogens is 2. The maximum Gasteiger partial charge on any atom is 0.242 e. The largest absolute Gasteiger partial charge is 0.455 e. The summed E-state index contributed by atoms with van der Waals surface area (Å²) in [5.74, 6) is 0.882. The Morgan fingerprint density at radius 2 is 1.60 bits per heavy atom. The van der Waals surface area contributed by atoms with E-state index < -0.39 is 0 Å². The van der Waals surface area contributed by atoms with Gasteiger partial charge in [-0.25, -0.2) is 0 Å². The number of hydrogen-bond donors (Lipinski definition) is 1. The van der Waals surface area contributed by atoms with E-state index in [0.717, 1.165) is 32.5 Å². The second-order valence-corrected chi connectivity index (χ2v) is 11.8. The molecule has 0 spiro atoms. The molecule has 2 amide bonds. The van der Waals surface area contributed by atoms with Gasteiger partial charge in [-0.2, -0.15) is 0 Å². The Hall–Kier alpha value is -3.26. The Kier molecular flexibility index (Phi) is 10.3. The highest BCUT2D eigenvalue weighted by atomic mass is 35.5. The zero-order chi connectivity index (χ0) is 29.5. The molecule has 0 aromatic heterocycles. The van der Waals surface area contributed by atoms with Crippen molar-refractivity contribution in [1.82, 2.24) is 15.1 Å². The van der Waals surface area contributed by atoms with Crippen molar-refractivity contribution in [2.75, 3.05) is 50.7 Å². The predicted octanol–water partition coefficient (Wildman–Crippen LogP) is 5.82. The molecule has 0 bridgehead atoms. The molecule has 222 valence electrons. The maximum atomic E-state index is 13.9. The van der Waals surface area contributed by atoms with E-state index in [-0.39, 0.29) is 30.9 Å². The van der Waals surface area contributed by atoms with E-state index in [4.69, 9.17) is 27.9 Å². The Balaban J connectivity index is 1.35. The van der Waals surface area contributed by atoms with E-state index in [1.165, 1.54) is 24.0 Å². The summed E-state index contributed by atoms with van der Waals surface area (Å²) in [7, 11) is 0. The molecule has 3 aromatic rings. The highest BCUT2D eigenvalue weighted by Gasteiger charge is 2.30. The number of amides is 2. The fraction of sp³-hybridized carbons (Fsp3) is 0.394. The Labute approximate surface area is 258 Å². The molecule has 42 heavy (non-hydrogen) atoms. The van der Waals surface area contributed by atoms with Gasteiger partial charge < -0.3 is 24.8 Å². The number of fused-ring (bicyclic) bond motifs is 1. The van der Waals surface area contributed by atoms with Crippen LogP contribution in [0.2, 0.25) is 10.0 Å². The van der Waals surface area contributed by atoms with Gasteiger partial charge >= 0.3 is 0 Å². The molecule has 0 atom stereocenters. The summed E-state index contributed by atoms with van der Waals surface area (Å²) in [5.41, 5.74) is 3.15. The number of likely N-dealkylation sites (tertiary alicyclic amines) is 1. The lowest BCUT2D eigenvalue weighted by Gasteiger charge is -2.32. The minimum Gasteiger partial charge on any atom is -0.455 e. The van der Waals surface area contributed by atoms with Crippen molar-refractivity contribution in [2.45, 2.75) is 38.6 Å². The normalized spacial score (nSPS) is 14.9. The number of nitrogens with zero attached hydrogens (tertiary/aromatic N) is 3. The second-order valence-electron chi connectivity index (χ2n) is 10.9. The molecule has 7 nitrogen and oxygen atoms in total. The zero-order valence-corrected chi connectivity index (χ0v) is 25.5. The summed E-state index contributed by atoms with van der Waals surface area (Å²) in [6, 6.07) is 20.8. The molecule has 9 heteroatoms. The quantitative estimate of drug-likeness (QED) is 0.281. The summed E-state index contributed by atoms with van der Waals surface area (Å²) < 4.78 is 6.22.